The minimum Gasteiger partial charge on any atom is -0.479 e. The zero-order valence-electron chi connectivity index (χ0n) is 11.6. The fraction of sp³-hybridized carbons (Fsp3) is 0.250. The van der Waals surface area contributed by atoms with Gasteiger partial charge in [-0.3, -0.25) is 9.78 Å². The molecule has 0 aliphatic carbocycles. The molecule has 1 aliphatic heterocycles. The number of nitrogens with one attached hydrogen (secondary N) is 1. The van der Waals surface area contributed by atoms with Crippen molar-refractivity contribution in [2.24, 2.45) is 5.73 Å². The molecule has 1 amide bonds. The van der Waals surface area contributed by atoms with E-state index in [1.165, 1.54) is 0 Å². The van der Waals surface area contributed by atoms with Crippen molar-refractivity contribution in [3.63, 3.8) is 0 Å². The van der Waals surface area contributed by atoms with Crippen LogP contribution in [-0.4, -0.2) is 17.0 Å². The number of carbonyl (C=O) groups excluding carboxylic acids is 1. The number of ether oxygens (including phenoxy) is 1. The minimum atomic E-state index is -0.511. The second-order valence-electron chi connectivity index (χ2n) is 4.98. The number of nitrogens with zero attached hydrogens (tertiary/aromatic N) is 1. The third-order valence-electron chi connectivity index (χ3n) is 3.53. The summed E-state index contributed by atoms with van der Waals surface area (Å²) in [6, 6.07) is 11.4. The van der Waals surface area contributed by atoms with E-state index >= 15 is 0 Å². The summed E-state index contributed by atoms with van der Waals surface area (Å²) in [6.45, 7) is 0.388. The molecule has 0 saturated carbocycles. The van der Waals surface area contributed by atoms with E-state index in [1.807, 2.05) is 24.3 Å². The Morgan fingerprint density at radius 3 is 2.90 bits per heavy atom. The van der Waals surface area contributed by atoms with Crippen molar-refractivity contribution in [2.75, 3.05) is 5.32 Å². The van der Waals surface area contributed by atoms with Crippen LogP contribution in [0.25, 0.3) is 0 Å². The number of nitrogens with two attached hydrogens (primary N) is 1. The number of rotatable bonds is 3. The summed E-state index contributed by atoms with van der Waals surface area (Å²) in [7, 11) is 0. The van der Waals surface area contributed by atoms with E-state index in [0.29, 0.717) is 18.7 Å². The summed E-state index contributed by atoms with van der Waals surface area (Å²) in [4.78, 5) is 16.4. The van der Waals surface area contributed by atoms with Crippen molar-refractivity contribution in [3.8, 4) is 5.75 Å². The molecular weight excluding hydrogens is 266 g/mol. The lowest BCUT2D eigenvalue weighted by Gasteiger charge is -2.15. The van der Waals surface area contributed by atoms with Gasteiger partial charge in [0.15, 0.2) is 6.10 Å². The summed E-state index contributed by atoms with van der Waals surface area (Å²) in [5.74, 6) is 0.459. The zero-order chi connectivity index (χ0) is 14.7. The number of fused-ring (bicyclic) bond motifs is 1. The highest BCUT2D eigenvalue weighted by Gasteiger charge is 2.25. The van der Waals surface area contributed by atoms with Gasteiger partial charge >= 0.3 is 0 Å². The molecule has 0 spiro atoms. The molecule has 3 rings (SSSR count). The summed E-state index contributed by atoms with van der Waals surface area (Å²) < 4.78 is 5.76. The van der Waals surface area contributed by atoms with Gasteiger partial charge in [-0.1, -0.05) is 18.2 Å². The van der Waals surface area contributed by atoms with Gasteiger partial charge in [-0.2, -0.15) is 0 Å². The first kappa shape index (κ1) is 13.6. The highest BCUT2D eigenvalue weighted by atomic mass is 16.5. The molecular formula is C16H17N3O2. The van der Waals surface area contributed by atoms with Crippen LogP contribution < -0.4 is 15.8 Å². The first-order chi connectivity index (χ1) is 10.3. The van der Waals surface area contributed by atoms with E-state index in [4.69, 9.17) is 10.5 Å². The van der Waals surface area contributed by atoms with Crippen LogP contribution in [-0.2, 0) is 17.8 Å². The van der Waals surface area contributed by atoms with E-state index in [9.17, 15) is 4.79 Å². The molecule has 1 aromatic heterocycles. The highest BCUT2D eigenvalue weighted by Crippen LogP contribution is 2.23. The first-order valence-electron chi connectivity index (χ1n) is 6.96. The molecule has 21 heavy (non-hydrogen) atoms. The molecule has 5 nitrogen and oxygen atoms in total. The van der Waals surface area contributed by atoms with Gasteiger partial charge in [0.2, 0.25) is 0 Å². The molecule has 2 aromatic rings. The molecule has 0 fully saturated rings. The van der Waals surface area contributed by atoms with Crippen LogP contribution in [0.4, 0.5) is 5.69 Å². The molecule has 1 aromatic carbocycles. The quantitative estimate of drug-likeness (QED) is 0.901. The van der Waals surface area contributed by atoms with E-state index in [-0.39, 0.29) is 5.91 Å². The van der Waals surface area contributed by atoms with Crippen molar-refractivity contribution in [3.05, 3.63) is 53.9 Å². The lowest BCUT2D eigenvalue weighted by Crippen LogP contribution is -2.31. The Morgan fingerprint density at radius 1 is 1.29 bits per heavy atom. The Labute approximate surface area is 123 Å². The maximum absolute atomic E-state index is 12.2. The average molecular weight is 283 g/mol. The number of carbonyl (C=O) groups is 1. The third-order valence-corrected chi connectivity index (χ3v) is 3.53. The monoisotopic (exact) mass is 283 g/mol. The van der Waals surface area contributed by atoms with Crippen LogP contribution >= 0.6 is 0 Å². The molecule has 3 N–H and O–H groups in total. The lowest BCUT2D eigenvalue weighted by molar-refractivity contribution is -0.122. The molecule has 1 atom stereocenters. The van der Waals surface area contributed by atoms with Crippen LogP contribution in [0.5, 0.6) is 5.75 Å². The third kappa shape index (κ3) is 3.03. The normalized spacial score (nSPS) is 17.6. The van der Waals surface area contributed by atoms with Crippen molar-refractivity contribution >= 4 is 11.6 Å². The van der Waals surface area contributed by atoms with Crippen LogP contribution in [0.2, 0.25) is 0 Å². The summed E-state index contributed by atoms with van der Waals surface area (Å²) in [5, 5.41) is 2.91. The van der Waals surface area contributed by atoms with Gasteiger partial charge in [-0.05, 0) is 36.6 Å². The SMILES string of the molecule is NCc1ccc(OC2CCc3ccccc3NC2=O)cn1. The minimum absolute atomic E-state index is 0.122. The molecule has 1 aliphatic rings. The molecule has 0 bridgehead atoms. The Bertz CT molecular complexity index is 640. The molecule has 5 heteroatoms. The number of aryl methyl sites for hydroxylation is 1. The summed E-state index contributed by atoms with van der Waals surface area (Å²) >= 11 is 0. The van der Waals surface area contributed by atoms with Gasteiger partial charge in [0.25, 0.3) is 5.91 Å². The standard InChI is InChI=1S/C16H17N3O2/c17-9-12-6-7-13(10-18-12)21-15-8-5-11-3-1-2-4-14(11)19-16(15)20/h1-4,6-7,10,15H,5,8-9,17H2,(H,19,20). The predicted octanol–water partition coefficient (Wildman–Crippen LogP) is 1.87. The largest absolute Gasteiger partial charge is 0.479 e. The Balaban J connectivity index is 1.73. The lowest BCUT2D eigenvalue weighted by atomic mass is 10.1. The van der Waals surface area contributed by atoms with Crippen molar-refractivity contribution in [1.82, 2.24) is 4.98 Å². The van der Waals surface area contributed by atoms with Gasteiger partial charge in [0, 0.05) is 12.2 Å². The number of hydrogen-bond donors (Lipinski definition) is 2. The molecule has 2 heterocycles. The fourth-order valence-corrected chi connectivity index (χ4v) is 2.37. The second-order valence-corrected chi connectivity index (χ2v) is 4.98. The van der Waals surface area contributed by atoms with Gasteiger partial charge in [-0.25, -0.2) is 0 Å². The van der Waals surface area contributed by atoms with Gasteiger partial charge in [0.05, 0.1) is 11.9 Å². The summed E-state index contributed by atoms with van der Waals surface area (Å²) in [6.07, 6.45) is 2.53. The number of aromatic nitrogens is 1. The topological polar surface area (TPSA) is 77.2 Å². The number of pyridine rings is 1. The van der Waals surface area contributed by atoms with E-state index in [1.54, 1.807) is 18.3 Å². The first-order valence-corrected chi connectivity index (χ1v) is 6.96. The maximum atomic E-state index is 12.2. The van der Waals surface area contributed by atoms with Gasteiger partial charge in [0.1, 0.15) is 5.75 Å². The smallest absolute Gasteiger partial charge is 0.265 e. The zero-order valence-corrected chi connectivity index (χ0v) is 11.6. The number of para-hydroxylation sites is 1. The number of benzene rings is 1. The predicted molar refractivity (Wildman–Crippen MR) is 79.9 cm³/mol. The summed E-state index contributed by atoms with van der Waals surface area (Å²) in [5.41, 5.74) is 8.30. The molecule has 108 valence electrons. The number of hydrogen-bond acceptors (Lipinski definition) is 4. The second kappa shape index (κ2) is 5.93. The van der Waals surface area contributed by atoms with Gasteiger partial charge < -0.3 is 15.8 Å². The average Bonchev–Trinajstić information content (AvgIpc) is 2.67. The Hall–Kier alpha value is -2.40. The molecule has 0 radical (unpaired) electrons. The van der Waals surface area contributed by atoms with Crippen LogP contribution in [0.3, 0.4) is 0 Å². The van der Waals surface area contributed by atoms with E-state index in [2.05, 4.69) is 10.3 Å². The Kier molecular flexibility index (Phi) is 3.83. The highest BCUT2D eigenvalue weighted by molar-refractivity contribution is 5.95. The molecule has 1 unspecified atom stereocenters. The maximum Gasteiger partial charge on any atom is 0.265 e. The van der Waals surface area contributed by atoms with Crippen LogP contribution in [0.1, 0.15) is 17.7 Å². The van der Waals surface area contributed by atoms with E-state index in [0.717, 1.165) is 23.4 Å². The fourth-order valence-electron chi connectivity index (χ4n) is 2.37. The van der Waals surface area contributed by atoms with Crippen LogP contribution in [0, 0.1) is 0 Å². The molecule has 0 saturated heterocycles. The van der Waals surface area contributed by atoms with Crippen molar-refractivity contribution in [1.29, 1.82) is 0 Å². The number of anilines is 1. The van der Waals surface area contributed by atoms with Gasteiger partial charge in [-0.15, -0.1) is 0 Å². The van der Waals surface area contributed by atoms with Crippen molar-refractivity contribution in [2.45, 2.75) is 25.5 Å². The van der Waals surface area contributed by atoms with E-state index < -0.39 is 6.10 Å². The van der Waals surface area contributed by atoms with Crippen LogP contribution in [0.15, 0.2) is 42.6 Å². The number of amides is 1. The Morgan fingerprint density at radius 2 is 2.14 bits per heavy atom. The van der Waals surface area contributed by atoms with Crippen molar-refractivity contribution < 1.29 is 9.53 Å².